The van der Waals surface area contributed by atoms with Crippen LogP contribution in [0.3, 0.4) is 0 Å². The molecule has 1 N–H and O–H groups in total. The van der Waals surface area contributed by atoms with Gasteiger partial charge >= 0.3 is 0 Å². The molecule has 1 saturated carbocycles. The molecule has 0 spiro atoms. The van der Waals surface area contributed by atoms with Crippen molar-refractivity contribution in [1.82, 2.24) is 10.2 Å². The number of fused-ring (bicyclic) bond motifs is 3. The van der Waals surface area contributed by atoms with Crippen molar-refractivity contribution in [3.8, 4) is 0 Å². The Hall–Kier alpha value is -2.20. The van der Waals surface area contributed by atoms with Crippen molar-refractivity contribution in [2.45, 2.75) is 44.2 Å². The zero-order valence-electron chi connectivity index (χ0n) is 16.0. The van der Waals surface area contributed by atoms with E-state index in [0.29, 0.717) is 11.1 Å². The van der Waals surface area contributed by atoms with E-state index < -0.39 is 0 Å². The van der Waals surface area contributed by atoms with E-state index in [1.165, 1.54) is 18.9 Å². The monoisotopic (exact) mass is 366 g/mol. The highest BCUT2D eigenvalue weighted by Crippen LogP contribution is 2.49. The zero-order valence-corrected chi connectivity index (χ0v) is 16.0. The summed E-state index contributed by atoms with van der Waals surface area (Å²) in [5.74, 6) is 0.234. The minimum atomic E-state index is -0.340. The molecule has 2 saturated heterocycles. The zero-order chi connectivity index (χ0) is 19.0. The van der Waals surface area contributed by atoms with Crippen molar-refractivity contribution in [3.05, 3.63) is 71.0 Å². The van der Waals surface area contributed by atoms with Crippen LogP contribution in [0.15, 0.2) is 48.5 Å². The van der Waals surface area contributed by atoms with E-state index in [2.05, 4.69) is 29.4 Å². The summed E-state index contributed by atoms with van der Waals surface area (Å²) >= 11 is 0. The van der Waals surface area contributed by atoms with E-state index in [-0.39, 0.29) is 23.3 Å². The molecule has 2 bridgehead atoms. The number of halogens is 1. The molecule has 3 aliphatic rings. The van der Waals surface area contributed by atoms with Crippen molar-refractivity contribution >= 4 is 5.91 Å². The number of hydrogen-bond donors (Lipinski definition) is 1. The Kier molecular flexibility index (Phi) is 4.77. The molecule has 3 fully saturated rings. The molecular weight excluding hydrogens is 339 g/mol. The van der Waals surface area contributed by atoms with Crippen LogP contribution in [-0.2, 0) is 0 Å². The summed E-state index contributed by atoms with van der Waals surface area (Å²) in [5, 5.41) is 3.29. The van der Waals surface area contributed by atoms with Gasteiger partial charge in [-0.3, -0.25) is 9.69 Å². The van der Waals surface area contributed by atoms with Gasteiger partial charge in [-0.1, -0.05) is 36.4 Å². The van der Waals surface area contributed by atoms with Gasteiger partial charge in [0.2, 0.25) is 0 Å². The first kappa shape index (κ1) is 18.2. The van der Waals surface area contributed by atoms with Gasteiger partial charge < -0.3 is 5.32 Å². The van der Waals surface area contributed by atoms with Crippen LogP contribution in [0.25, 0.3) is 0 Å². The van der Waals surface area contributed by atoms with Gasteiger partial charge in [-0.15, -0.1) is 0 Å². The number of nitrogens with one attached hydrogen (secondary N) is 1. The summed E-state index contributed by atoms with van der Waals surface area (Å²) in [6.45, 7) is 2.75. The molecular formula is C23H27FN2O. The Morgan fingerprint density at radius 1 is 1.15 bits per heavy atom. The Morgan fingerprint density at radius 2 is 1.85 bits per heavy atom. The predicted molar refractivity (Wildman–Crippen MR) is 105 cm³/mol. The summed E-state index contributed by atoms with van der Waals surface area (Å²) in [6, 6.07) is 14.8. The first-order valence-electron chi connectivity index (χ1n) is 9.83. The van der Waals surface area contributed by atoms with Gasteiger partial charge in [0.1, 0.15) is 5.82 Å². The third-order valence-corrected chi connectivity index (χ3v) is 6.72. The van der Waals surface area contributed by atoms with Crippen LogP contribution in [0.5, 0.6) is 0 Å². The van der Waals surface area contributed by atoms with Gasteiger partial charge in [-0.25, -0.2) is 4.39 Å². The number of amides is 1. The molecule has 2 aromatic rings. The minimum absolute atomic E-state index is 0.0764. The van der Waals surface area contributed by atoms with E-state index in [0.717, 1.165) is 30.9 Å². The van der Waals surface area contributed by atoms with Gasteiger partial charge in [-0.05, 0) is 68.8 Å². The summed E-state index contributed by atoms with van der Waals surface area (Å²) in [7, 11) is 2.18. The van der Waals surface area contributed by atoms with Crippen molar-refractivity contribution in [3.63, 3.8) is 0 Å². The van der Waals surface area contributed by atoms with Crippen LogP contribution in [0.2, 0.25) is 0 Å². The molecule has 1 amide bonds. The largest absolute Gasteiger partial charge is 0.343 e. The maximum absolute atomic E-state index is 14.0. The van der Waals surface area contributed by atoms with Crippen LogP contribution in [0.4, 0.5) is 4.39 Å². The van der Waals surface area contributed by atoms with Crippen molar-refractivity contribution in [2.24, 2.45) is 5.92 Å². The average molecular weight is 366 g/mol. The molecule has 0 aromatic heterocycles. The minimum Gasteiger partial charge on any atom is -0.343 e. The molecule has 5 rings (SSSR count). The highest BCUT2D eigenvalue weighted by Gasteiger charge is 2.50. The number of likely N-dealkylation sites (N-methyl/N-ethyl adjacent to an activating group) is 1. The lowest BCUT2D eigenvalue weighted by molar-refractivity contribution is -0.0404. The predicted octanol–water partition coefficient (Wildman–Crippen LogP) is 4.48. The second-order valence-electron chi connectivity index (χ2n) is 8.16. The molecule has 1 aliphatic carbocycles. The summed E-state index contributed by atoms with van der Waals surface area (Å²) in [5.41, 5.74) is 1.86. The van der Waals surface area contributed by atoms with Crippen molar-refractivity contribution in [1.29, 1.82) is 0 Å². The van der Waals surface area contributed by atoms with E-state index >= 15 is 0 Å². The lowest BCUT2D eigenvalue weighted by atomic mass is 9.65. The lowest BCUT2D eigenvalue weighted by Gasteiger charge is -2.57. The molecule has 4 heteroatoms. The molecule has 2 aliphatic heterocycles. The van der Waals surface area contributed by atoms with Gasteiger partial charge in [0, 0.05) is 17.6 Å². The van der Waals surface area contributed by atoms with Gasteiger partial charge in [0.05, 0.1) is 6.04 Å². The van der Waals surface area contributed by atoms with Gasteiger partial charge in [0.15, 0.2) is 0 Å². The first-order valence-corrected chi connectivity index (χ1v) is 9.83. The van der Waals surface area contributed by atoms with E-state index in [1.807, 2.05) is 18.2 Å². The average Bonchev–Trinajstić information content (AvgIpc) is 2.69. The van der Waals surface area contributed by atoms with E-state index in [1.54, 1.807) is 19.1 Å². The Bertz CT molecular complexity index is 828. The van der Waals surface area contributed by atoms with E-state index in [9.17, 15) is 9.18 Å². The first-order chi connectivity index (χ1) is 13.0. The number of piperidine rings is 2. The molecule has 1 unspecified atom stereocenters. The lowest BCUT2D eigenvalue weighted by Crippen LogP contribution is -2.62. The molecule has 3 nitrogen and oxygen atoms in total. The van der Waals surface area contributed by atoms with Crippen molar-refractivity contribution < 1.29 is 9.18 Å². The molecule has 142 valence electrons. The second kappa shape index (κ2) is 7.08. The van der Waals surface area contributed by atoms with Crippen LogP contribution in [0, 0.1) is 18.7 Å². The number of carbonyl (C=O) groups excluding carboxylic acids is 1. The highest BCUT2D eigenvalue weighted by molar-refractivity contribution is 5.96. The molecule has 0 radical (unpaired) electrons. The number of nitrogens with zero attached hydrogens (tertiary/aromatic N) is 1. The van der Waals surface area contributed by atoms with Gasteiger partial charge in [0.25, 0.3) is 5.91 Å². The van der Waals surface area contributed by atoms with Crippen LogP contribution in [0.1, 0.15) is 53.2 Å². The second-order valence-corrected chi connectivity index (χ2v) is 8.16. The number of benzene rings is 2. The Balaban J connectivity index is 1.71. The highest BCUT2D eigenvalue weighted by atomic mass is 19.1. The normalized spacial score (nSPS) is 26.0. The fourth-order valence-corrected chi connectivity index (χ4v) is 5.06. The third-order valence-electron chi connectivity index (χ3n) is 6.72. The third kappa shape index (κ3) is 3.16. The van der Waals surface area contributed by atoms with Crippen LogP contribution >= 0.6 is 0 Å². The number of hydrogen-bond acceptors (Lipinski definition) is 2. The fraction of sp³-hybridized carbons (Fsp3) is 0.435. The molecule has 1 atom stereocenters. The smallest absolute Gasteiger partial charge is 0.252 e. The maximum atomic E-state index is 14.0. The van der Waals surface area contributed by atoms with Gasteiger partial charge in [-0.2, -0.15) is 0 Å². The topological polar surface area (TPSA) is 32.3 Å². The Labute approximate surface area is 160 Å². The maximum Gasteiger partial charge on any atom is 0.252 e. The standard InChI is InChI=1S/C23H27FN2O/c1-16-19(9-6-10-20(16)24)22(27)25-21(18-7-4-3-5-8-18)23-13-11-17(12-14-23)15-26(23)2/h3-10,17,21H,11-15H2,1-2H3,(H,25,27). The summed E-state index contributed by atoms with van der Waals surface area (Å²) in [4.78, 5) is 15.6. The van der Waals surface area contributed by atoms with Crippen LogP contribution < -0.4 is 5.32 Å². The number of rotatable bonds is 4. The molecule has 2 heterocycles. The molecule has 2 aromatic carbocycles. The summed E-state index contributed by atoms with van der Waals surface area (Å²) < 4.78 is 14.0. The molecule has 27 heavy (non-hydrogen) atoms. The Morgan fingerprint density at radius 3 is 2.52 bits per heavy atom. The number of carbonyl (C=O) groups is 1. The fourth-order valence-electron chi connectivity index (χ4n) is 5.06. The van der Waals surface area contributed by atoms with E-state index in [4.69, 9.17) is 0 Å². The quantitative estimate of drug-likeness (QED) is 0.865. The SMILES string of the molecule is Cc1c(F)cccc1C(=O)NC(c1ccccc1)C12CCC(CC1)CN2C. The van der Waals surface area contributed by atoms with Crippen LogP contribution in [-0.4, -0.2) is 29.9 Å². The summed E-state index contributed by atoms with van der Waals surface area (Å²) in [6.07, 6.45) is 4.58. The van der Waals surface area contributed by atoms with Crippen molar-refractivity contribution in [2.75, 3.05) is 13.6 Å².